The zero-order valence-corrected chi connectivity index (χ0v) is 16.6. The summed E-state index contributed by atoms with van der Waals surface area (Å²) in [6, 6.07) is 0. The molecule has 0 heterocycles. The summed E-state index contributed by atoms with van der Waals surface area (Å²) in [7, 11) is -1.69. The van der Waals surface area contributed by atoms with Crippen LogP contribution in [0.3, 0.4) is 0 Å². The van der Waals surface area contributed by atoms with Gasteiger partial charge in [0.05, 0.1) is 0 Å². The zero-order chi connectivity index (χ0) is 15.2. The molecule has 1 N–H and O–H groups in total. The Morgan fingerprint density at radius 2 is 1.53 bits per heavy atom. The molecule has 0 saturated carbocycles. The molecule has 1 atom stereocenters. The van der Waals surface area contributed by atoms with Gasteiger partial charge in [0.25, 0.3) is 0 Å². The third-order valence-corrected chi connectivity index (χ3v) is 11.4. The lowest BCUT2D eigenvalue weighted by Gasteiger charge is -2.38. The quantitative estimate of drug-likeness (QED) is 0.383. The van der Waals surface area contributed by atoms with Crippen LogP contribution in [-0.4, -0.2) is 19.3 Å². The van der Waals surface area contributed by atoms with Crippen LogP contribution in [-0.2, 0) is 0 Å². The summed E-state index contributed by atoms with van der Waals surface area (Å²) in [4.78, 5) is 0. The van der Waals surface area contributed by atoms with Crippen LogP contribution < -0.4 is 0 Å². The molecule has 0 fully saturated rings. The van der Waals surface area contributed by atoms with E-state index in [0.717, 1.165) is 0 Å². The molecule has 0 aliphatic rings. The Hall–Kier alpha value is 0.207. The van der Waals surface area contributed by atoms with Gasteiger partial charge in [-0.1, -0.05) is 75.6 Å². The van der Waals surface area contributed by atoms with E-state index in [0.29, 0.717) is 23.0 Å². The van der Waals surface area contributed by atoms with Crippen molar-refractivity contribution in [3.05, 3.63) is 9.66 Å². The molecule has 0 unspecified atom stereocenters. The minimum Gasteiger partial charge on any atom is -0.380 e. The van der Waals surface area contributed by atoms with Crippen molar-refractivity contribution >= 4 is 30.7 Å². The first-order valence-electron chi connectivity index (χ1n) is 7.15. The lowest BCUT2D eigenvalue weighted by molar-refractivity contribution is 0.233. The maximum Gasteiger partial charge on any atom is 0.146 e. The Labute approximate surface area is 134 Å². The summed E-state index contributed by atoms with van der Waals surface area (Å²) in [6.45, 7) is 15.8. The second-order valence-electron chi connectivity index (χ2n) is 6.34. The lowest BCUT2D eigenvalue weighted by Crippen LogP contribution is -2.43. The first-order chi connectivity index (χ1) is 8.68. The van der Waals surface area contributed by atoms with E-state index in [1.54, 1.807) is 0 Å². The molecule has 3 heteroatoms. The Morgan fingerprint density at radius 1 is 1.11 bits per heavy atom. The number of hydrogen-bond donors (Lipinski definition) is 1. The highest BCUT2D eigenvalue weighted by Crippen LogP contribution is 2.40. The molecule has 0 bridgehead atoms. The molecule has 0 saturated heterocycles. The highest BCUT2D eigenvalue weighted by atomic mass is 127. The van der Waals surface area contributed by atoms with Crippen LogP contribution in [0.4, 0.5) is 0 Å². The minimum absolute atomic E-state index is 0.519. The Morgan fingerprint density at radius 3 is 1.84 bits per heavy atom. The van der Waals surface area contributed by atoms with Gasteiger partial charge in [-0.15, -0.1) is 5.54 Å². The van der Waals surface area contributed by atoms with Crippen LogP contribution >= 0.6 is 22.6 Å². The third kappa shape index (κ3) is 5.24. The first-order valence-corrected chi connectivity index (χ1v) is 10.6. The fourth-order valence-corrected chi connectivity index (χ4v) is 8.58. The Bertz CT molecular complexity index is 339. The average molecular weight is 392 g/mol. The third-order valence-electron chi connectivity index (χ3n) is 4.02. The summed E-state index contributed by atoms with van der Waals surface area (Å²) in [5.74, 6) is 3.16. The lowest BCUT2D eigenvalue weighted by atomic mass is 10.2. The predicted molar refractivity (Wildman–Crippen MR) is 97.2 cm³/mol. The predicted octanol–water partition coefficient (Wildman–Crippen LogP) is 5.30. The molecule has 0 amide bonds. The largest absolute Gasteiger partial charge is 0.380 e. The van der Waals surface area contributed by atoms with Crippen LogP contribution in [0, 0.1) is 11.5 Å². The fourth-order valence-electron chi connectivity index (χ4n) is 3.04. The summed E-state index contributed by atoms with van der Waals surface area (Å²) in [5, 5.41) is 10.1. The monoisotopic (exact) mass is 392 g/mol. The van der Waals surface area contributed by atoms with Crippen LogP contribution in [0.25, 0.3) is 0 Å². The molecular weight excluding hydrogens is 363 g/mol. The Kier molecular flexibility index (Phi) is 8.58. The van der Waals surface area contributed by atoms with Gasteiger partial charge in [0.15, 0.2) is 0 Å². The summed E-state index contributed by atoms with van der Waals surface area (Å²) in [6.07, 6.45) is 0.142. The van der Waals surface area contributed by atoms with E-state index in [-0.39, 0.29) is 0 Å². The maximum absolute atomic E-state index is 10.1. The second kappa shape index (κ2) is 8.48. The molecule has 0 spiro atoms. The molecule has 110 valence electrons. The van der Waals surface area contributed by atoms with Gasteiger partial charge in [0.1, 0.15) is 14.2 Å². The van der Waals surface area contributed by atoms with Gasteiger partial charge in [-0.2, -0.15) is 0 Å². The zero-order valence-electron chi connectivity index (χ0n) is 13.4. The van der Waals surface area contributed by atoms with Crippen molar-refractivity contribution < 1.29 is 5.11 Å². The van der Waals surface area contributed by atoms with Crippen molar-refractivity contribution in [1.82, 2.24) is 0 Å². The standard InChI is InChI=1S/C16H29IOSi/c1-12(2)19(13(3)4,14(5)6)9-8-16(18)10-15(7)11-17/h11-14,16,18H,10H2,1-7H3/b15-11+/t16-/m0/s1. The second-order valence-corrected chi connectivity index (χ2v) is 12.5. The van der Waals surface area contributed by atoms with Crippen molar-refractivity contribution in [2.75, 3.05) is 0 Å². The van der Waals surface area contributed by atoms with Crippen molar-refractivity contribution in [2.45, 2.75) is 77.6 Å². The number of rotatable bonds is 5. The summed E-state index contributed by atoms with van der Waals surface area (Å²) >= 11 is 2.21. The van der Waals surface area contributed by atoms with Crippen LogP contribution in [0.1, 0.15) is 54.9 Å². The van der Waals surface area contributed by atoms with Crippen molar-refractivity contribution in [3.8, 4) is 11.5 Å². The van der Waals surface area contributed by atoms with Gasteiger partial charge in [0, 0.05) is 6.42 Å². The van der Waals surface area contributed by atoms with E-state index < -0.39 is 14.2 Å². The van der Waals surface area contributed by atoms with E-state index in [9.17, 15) is 5.11 Å². The summed E-state index contributed by atoms with van der Waals surface area (Å²) < 4.78 is 2.01. The number of hydrogen-bond acceptors (Lipinski definition) is 1. The van der Waals surface area contributed by atoms with Crippen molar-refractivity contribution in [1.29, 1.82) is 0 Å². The highest BCUT2D eigenvalue weighted by molar-refractivity contribution is 14.1. The number of halogens is 1. The normalized spacial score (nSPS) is 14.8. The molecule has 0 radical (unpaired) electrons. The van der Waals surface area contributed by atoms with Crippen LogP contribution in [0.15, 0.2) is 9.66 Å². The van der Waals surface area contributed by atoms with Gasteiger partial charge < -0.3 is 5.11 Å². The van der Waals surface area contributed by atoms with Crippen LogP contribution in [0.5, 0.6) is 0 Å². The van der Waals surface area contributed by atoms with Gasteiger partial charge in [-0.25, -0.2) is 0 Å². The molecule has 1 nitrogen and oxygen atoms in total. The van der Waals surface area contributed by atoms with Gasteiger partial charge in [-0.05, 0) is 27.6 Å². The minimum atomic E-state index is -1.69. The smallest absolute Gasteiger partial charge is 0.146 e. The van der Waals surface area contributed by atoms with E-state index in [1.807, 2.05) is 11.0 Å². The fraction of sp³-hybridized carbons (Fsp3) is 0.750. The first kappa shape index (κ1) is 19.2. The van der Waals surface area contributed by atoms with Gasteiger partial charge in [0.2, 0.25) is 0 Å². The number of aliphatic hydroxyl groups excluding tert-OH is 1. The van der Waals surface area contributed by atoms with E-state index in [1.165, 1.54) is 5.57 Å². The molecule has 0 rings (SSSR count). The van der Waals surface area contributed by atoms with Gasteiger partial charge >= 0.3 is 0 Å². The van der Waals surface area contributed by atoms with Crippen LogP contribution in [0.2, 0.25) is 16.6 Å². The molecular formula is C16H29IOSi. The highest BCUT2D eigenvalue weighted by Gasteiger charge is 2.41. The molecule has 0 aliphatic heterocycles. The SMILES string of the molecule is C/C(=C\I)C[C@@H](O)C#C[Si](C(C)C)(C(C)C)C(C)C. The topological polar surface area (TPSA) is 20.2 Å². The van der Waals surface area contributed by atoms with Crippen molar-refractivity contribution in [2.24, 2.45) is 0 Å². The van der Waals surface area contributed by atoms with E-state index >= 15 is 0 Å². The molecule has 0 aliphatic carbocycles. The number of aliphatic hydroxyl groups is 1. The summed E-state index contributed by atoms with van der Waals surface area (Å²) in [5.41, 5.74) is 6.61. The average Bonchev–Trinajstić information content (AvgIpc) is 2.27. The van der Waals surface area contributed by atoms with Crippen molar-refractivity contribution in [3.63, 3.8) is 0 Å². The van der Waals surface area contributed by atoms with E-state index in [4.69, 9.17) is 0 Å². The Balaban J connectivity index is 5.25. The molecule has 0 aromatic carbocycles. The molecule has 0 aromatic rings. The maximum atomic E-state index is 10.1. The van der Waals surface area contributed by atoms with Gasteiger partial charge in [-0.3, -0.25) is 0 Å². The molecule has 0 aromatic heterocycles. The van der Waals surface area contributed by atoms with E-state index in [2.05, 4.69) is 75.6 Å². The molecule has 19 heavy (non-hydrogen) atoms.